The molecule has 0 bridgehead atoms. The van der Waals surface area contributed by atoms with E-state index >= 15 is 0 Å². The molecule has 1 aromatic rings. The van der Waals surface area contributed by atoms with Crippen LogP contribution in [0.4, 0.5) is 0 Å². The number of pyridine rings is 1. The van der Waals surface area contributed by atoms with Crippen LogP contribution >= 0.6 is 0 Å². The zero-order valence-corrected chi connectivity index (χ0v) is 6.74. The van der Waals surface area contributed by atoms with Gasteiger partial charge in [0.1, 0.15) is 0 Å². The molecule has 0 N–H and O–H groups in total. The summed E-state index contributed by atoms with van der Waals surface area (Å²) in [6.07, 6.45) is 3.07. The average Bonchev–Trinajstić information content (AvgIpc) is 2.05. The highest BCUT2D eigenvalue weighted by atomic mass is 16.1. The first kappa shape index (κ1) is 8.41. The summed E-state index contributed by atoms with van der Waals surface area (Å²) in [5.74, 6) is -0.172. The van der Waals surface area contributed by atoms with E-state index in [2.05, 4.69) is 4.98 Å². The van der Waals surface area contributed by atoms with E-state index in [1.54, 1.807) is 12.3 Å². The minimum absolute atomic E-state index is 0.0782. The molecule has 0 saturated carbocycles. The number of hydrogen-bond donors (Lipinski definition) is 0. The van der Waals surface area contributed by atoms with E-state index in [1.165, 1.54) is 6.20 Å². The van der Waals surface area contributed by atoms with Gasteiger partial charge in [0.2, 0.25) is 0 Å². The third-order valence-electron chi connectivity index (χ3n) is 1.44. The van der Waals surface area contributed by atoms with Crippen molar-refractivity contribution in [1.29, 1.82) is 5.26 Å². The Morgan fingerprint density at radius 1 is 1.67 bits per heavy atom. The Hall–Kier alpha value is -1.69. The van der Waals surface area contributed by atoms with E-state index in [0.29, 0.717) is 5.56 Å². The number of ketones is 1. The van der Waals surface area contributed by atoms with Crippen LogP contribution in [0.3, 0.4) is 0 Å². The molecular weight excluding hydrogens is 152 g/mol. The summed E-state index contributed by atoms with van der Waals surface area (Å²) < 4.78 is 0. The molecule has 1 rings (SSSR count). The van der Waals surface area contributed by atoms with E-state index in [1.807, 2.05) is 13.0 Å². The predicted molar refractivity (Wildman–Crippen MR) is 43.5 cm³/mol. The Balaban J connectivity index is 2.90. The number of aromatic nitrogens is 1. The molecule has 1 aromatic heterocycles. The maximum Gasteiger partial charge on any atom is 0.178 e. The molecule has 3 nitrogen and oxygen atoms in total. The van der Waals surface area contributed by atoms with Gasteiger partial charge >= 0.3 is 0 Å². The van der Waals surface area contributed by atoms with Crippen molar-refractivity contribution in [1.82, 2.24) is 4.98 Å². The first-order chi connectivity index (χ1) is 5.74. The minimum atomic E-state index is -0.172. The molecule has 0 aliphatic carbocycles. The Bertz CT molecular complexity index is 339. The molecule has 0 fully saturated rings. The molecule has 0 aliphatic rings. The predicted octanol–water partition coefficient (Wildman–Crippen LogP) is 1.49. The van der Waals surface area contributed by atoms with Gasteiger partial charge < -0.3 is 0 Å². The lowest BCUT2D eigenvalue weighted by molar-refractivity contribution is 0.0997. The van der Waals surface area contributed by atoms with Crippen molar-refractivity contribution in [3.8, 4) is 6.07 Å². The lowest BCUT2D eigenvalue weighted by atomic mass is 10.1. The van der Waals surface area contributed by atoms with Gasteiger partial charge in [0.25, 0.3) is 0 Å². The van der Waals surface area contributed by atoms with E-state index in [-0.39, 0.29) is 12.2 Å². The zero-order valence-electron chi connectivity index (χ0n) is 6.74. The molecule has 3 heteroatoms. The number of carbonyl (C=O) groups is 1. The molecule has 1 heterocycles. The highest BCUT2D eigenvalue weighted by molar-refractivity contribution is 5.97. The Labute approximate surface area is 70.7 Å². The molecule has 60 valence electrons. The van der Waals surface area contributed by atoms with Crippen molar-refractivity contribution in [2.45, 2.75) is 13.3 Å². The molecular formula is C9H8N2O. The second-order valence-electron chi connectivity index (χ2n) is 2.51. The number of carbonyl (C=O) groups excluding carboxylic acids is 1. The standard InChI is InChI=1S/C9H8N2O/c1-7-4-8(6-11-5-7)9(12)2-3-10/h4-6H,2H2,1H3. The van der Waals surface area contributed by atoms with E-state index in [9.17, 15) is 4.79 Å². The van der Waals surface area contributed by atoms with E-state index in [0.717, 1.165) is 5.56 Å². The van der Waals surface area contributed by atoms with Crippen LogP contribution in [0.1, 0.15) is 22.3 Å². The smallest absolute Gasteiger partial charge is 0.178 e. The fourth-order valence-electron chi connectivity index (χ4n) is 0.881. The van der Waals surface area contributed by atoms with Gasteiger partial charge in [0.05, 0.1) is 12.5 Å². The van der Waals surface area contributed by atoms with Crippen LogP contribution < -0.4 is 0 Å². The number of Topliss-reactive ketones (excluding diaryl/α,β-unsaturated/α-hetero) is 1. The maximum atomic E-state index is 11.1. The largest absolute Gasteiger partial charge is 0.293 e. The minimum Gasteiger partial charge on any atom is -0.293 e. The molecule has 0 atom stereocenters. The number of rotatable bonds is 2. The first-order valence-electron chi connectivity index (χ1n) is 3.56. The van der Waals surface area contributed by atoms with Gasteiger partial charge in [-0.15, -0.1) is 0 Å². The van der Waals surface area contributed by atoms with Gasteiger partial charge in [-0.3, -0.25) is 9.78 Å². The van der Waals surface area contributed by atoms with Gasteiger partial charge in [0, 0.05) is 18.0 Å². The van der Waals surface area contributed by atoms with Crippen LogP contribution in [0.2, 0.25) is 0 Å². The molecule has 0 aromatic carbocycles. The summed E-state index contributed by atoms with van der Waals surface area (Å²) >= 11 is 0. The molecule has 0 unspecified atom stereocenters. The van der Waals surface area contributed by atoms with Crippen LogP contribution in [-0.4, -0.2) is 10.8 Å². The topological polar surface area (TPSA) is 53.8 Å². The van der Waals surface area contributed by atoms with Crippen LogP contribution in [-0.2, 0) is 0 Å². The fourth-order valence-corrected chi connectivity index (χ4v) is 0.881. The SMILES string of the molecule is Cc1cncc(C(=O)CC#N)c1. The summed E-state index contributed by atoms with van der Waals surface area (Å²) in [6.45, 7) is 1.86. The second kappa shape index (κ2) is 3.63. The van der Waals surface area contributed by atoms with Gasteiger partial charge in [-0.05, 0) is 18.6 Å². The highest BCUT2D eigenvalue weighted by Gasteiger charge is 2.04. The third-order valence-corrected chi connectivity index (χ3v) is 1.44. The molecule has 0 saturated heterocycles. The van der Waals surface area contributed by atoms with Gasteiger partial charge in [-0.25, -0.2) is 0 Å². The number of hydrogen-bond acceptors (Lipinski definition) is 3. The Morgan fingerprint density at radius 3 is 3.00 bits per heavy atom. The molecule has 0 spiro atoms. The van der Waals surface area contributed by atoms with Gasteiger partial charge in [-0.2, -0.15) is 5.26 Å². The number of nitrogens with zero attached hydrogens (tertiary/aromatic N) is 2. The first-order valence-corrected chi connectivity index (χ1v) is 3.56. The summed E-state index contributed by atoms with van der Waals surface area (Å²) in [7, 11) is 0. The van der Waals surface area contributed by atoms with Crippen molar-refractivity contribution < 1.29 is 4.79 Å². The summed E-state index contributed by atoms with van der Waals surface area (Å²) in [5.41, 5.74) is 1.44. The average molecular weight is 160 g/mol. The monoisotopic (exact) mass is 160 g/mol. The van der Waals surface area contributed by atoms with E-state index < -0.39 is 0 Å². The van der Waals surface area contributed by atoms with Crippen molar-refractivity contribution in [2.24, 2.45) is 0 Å². The van der Waals surface area contributed by atoms with Crippen LogP contribution in [0, 0.1) is 18.3 Å². The summed E-state index contributed by atoms with van der Waals surface area (Å²) in [5, 5.41) is 8.28. The maximum absolute atomic E-state index is 11.1. The second-order valence-corrected chi connectivity index (χ2v) is 2.51. The van der Waals surface area contributed by atoms with Crippen molar-refractivity contribution in [2.75, 3.05) is 0 Å². The fraction of sp³-hybridized carbons (Fsp3) is 0.222. The van der Waals surface area contributed by atoms with Crippen LogP contribution in [0.5, 0.6) is 0 Å². The Kier molecular flexibility index (Phi) is 2.54. The van der Waals surface area contributed by atoms with Crippen molar-refractivity contribution >= 4 is 5.78 Å². The highest BCUT2D eigenvalue weighted by Crippen LogP contribution is 2.03. The zero-order chi connectivity index (χ0) is 8.97. The number of nitriles is 1. The van der Waals surface area contributed by atoms with Crippen molar-refractivity contribution in [3.63, 3.8) is 0 Å². The Morgan fingerprint density at radius 2 is 2.42 bits per heavy atom. The van der Waals surface area contributed by atoms with Gasteiger partial charge in [-0.1, -0.05) is 0 Å². The van der Waals surface area contributed by atoms with Crippen molar-refractivity contribution in [3.05, 3.63) is 29.6 Å². The lowest BCUT2D eigenvalue weighted by Crippen LogP contribution is -1.98. The molecule has 0 amide bonds. The lowest BCUT2D eigenvalue weighted by Gasteiger charge is -1.95. The third kappa shape index (κ3) is 1.89. The molecule has 0 aliphatic heterocycles. The molecule has 0 radical (unpaired) electrons. The summed E-state index contributed by atoms with van der Waals surface area (Å²) in [6, 6.07) is 3.54. The number of aryl methyl sites for hydroxylation is 1. The van der Waals surface area contributed by atoms with Crippen LogP contribution in [0.25, 0.3) is 0 Å². The quantitative estimate of drug-likeness (QED) is 0.616. The van der Waals surface area contributed by atoms with Crippen LogP contribution in [0.15, 0.2) is 18.5 Å². The van der Waals surface area contributed by atoms with Gasteiger partial charge in [0.15, 0.2) is 5.78 Å². The normalized spacial score (nSPS) is 9.00. The summed E-state index contributed by atoms with van der Waals surface area (Å²) in [4.78, 5) is 15.0. The molecule has 12 heavy (non-hydrogen) atoms. The van der Waals surface area contributed by atoms with E-state index in [4.69, 9.17) is 5.26 Å².